The zero-order valence-corrected chi connectivity index (χ0v) is 13.3. The second-order valence-corrected chi connectivity index (χ2v) is 4.98. The monoisotopic (exact) mass is 310 g/mol. The third-order valence-electron chi connectivity index (χ3n) is 3.57. The molecule has 0 saturated heterocycles. The van der Waals surface area contributed by atoms with Crippen molar-refractivity contribution in [3.8, 4) is 17.2 Å². The number of hydrogen-bond acceptors (Lipinski definition) is 4. The van der Waals surface area contributed by atoms with E-state index >= 15 is 0 Å². The van der Waals surface area contributed by atoms with Crippen LogP contribution in [0, 0.1) is 0 Å². The maximum Gasteiger partial charge on any atom is 0.203 e. The quantitative estimate of drug-likeness (QED) is 0.689. The lowest BCUT2D eigenvalue weighted by Crippen LogP contribution is -1.95. The Labute approximate surface area is 134 Å². The van der Waals surface area contributed by atoms with Crippen LogP contribution < -0.4 is 14.2 Å². The summed E-state index contributed by atoms with van der Waals surface area (Å²) in [6.45, 7) is 0. The third-order valence-corrected chi connectivity index (χ3v) is 3.57. The molecule has 0 aliphatic carbocycles. The van der Waals surface area contributed by atoms with Crippen molar-refractivity contribution in [1.82, 2.24) is 0 Å². The van der Waals surface area contributed by atoms with Crippen molar-refractivity contribution in [2.24, 2.45) is 0 Å². The second kappa shape index (κ2) is 6.48. The maximum atomic E-state index is 5.77. The van der Waals surface area contributed by atoms with Gasteiger partial charge in [-0.3, -0.25) is 0 Å². The van der Waals surface area contributed by atoms with Gasteiger partial charge in [-0.25, -0.2) is 0 Å². The van der Waals surface area contributed by atoms with Gasteiger partial charge in [0.1, 0.15) is 11.3 Å². The van der Waals surface area contributed by atoms with Crippen LogP contribution in [0.15, 0.2) is 46.9 Å². The van der Waals surface area contributed by atoms with E-state index in [9.17, 15) is 0 Å². The van der Waals surface area contributed by atoms with E-state index in [1.54, 1.807) is 21.3 Å². The summed E-state index contributed by atoms with van der Waals surface area (Å²) >= 11 is 0. The molecule has 0 atom stereocenters. The number of methoxy groups -OCH3 is 3. The van der Waals surface area contributed by atoms with E-state index < -0.39 is 0 Å². The van der Waals surface area contributed by atoms with Gasteiger partial charge in [-0.05, 0) is 35.9 Å². The number of rotatable bonds is 5. The van der Waals surface area contributed by atoms with Crippen molar-refractivity contribution in [2.75, 3.05) is 21.3 Å². The number of hydrogen-bond donors (Lipinski definition) is 0. The van der Waals surface area contributed by atoms with Gasteiger partial charge in [-0.15, -0.1) is 0 Å². The van der Waals surface area contributed by atoms with Crippen LogP contribution in [0.5, 0.6) is 17.2 Å². The van der Waals surface area contributed by atoms with Crippen molar-refractivity contribution < 1.29 is 18.6 Å². The molecule has 0 amide bonds. The lowest BCUT2D eigenvalue weighted by Gasteiger charge is -2.12. The van der Waals surface area contributed by atoms with Crippen molar-refractivity contribution in [2.45, 2.75) is 0 Å². The Hall–Kier alpha value is -2.88. The minimum atomic E-state index is 0.580. The Balaban J connectivity index is 1.95. The lowest BCUT2D eigenvalue weighted by atomic mass is 10.1. The summed E-state index contributed by atoms with van der Waals surface area (Å²) < 4.78 is 21.8. The molecule has 0 aliphatic heterocycles. The van der Waals surface area contributed by atoms with Crippen LogP contribution in [0.4, 0.5) is 0 Å². The van der Waals surface area contributed by atoms with Gasteiger partial charge in [-0.1, -0.05) is 24.3 Å². The minimum absolute atomic E-state index is 0.580. The summed E-state index contributed by atoms with van der Waals surface area (Å²) in [7, 11) is 4.79. The third kappa shape index (κ3) is 3.01. The summed E-state index contributed by atoms with van der Waals surface area (Å²) in [5.74, 6) is 2.61. The second-order valence-electron chi connectivity index (χ2n) is 4.98. The number of ether oxygens (including phenoxy) is 3. The molecule has 0 saturated carbocycles. The fourth-order valence-electron chi connectivity index (χ4n) is 2.46. The first kappa shape index (κ1) is 15.0. The van der Waals surface area contributed by atoms with Crippen LogP contribution in [0.25, 0.3) is 23.1 Å². The smallest absolute Gasteiger partial charge is 0.203 e. The first-order valence-electron chi connectivity index (χ1n) is 7.22. The summed E-state index contributed by atoms with van der Waals surface area (Å²) in [6, 6.07) is 13.7. The van der Waals surface area contributed by atoms with Gasteiger partial charge in [0.05, 0.1) is 21.3 Å². The molecule has 0 aliphatic rings. The predicted octanol–water partition coefficient (Wildman–Crippen LogP) is 4.63. The molecule has 0 bridgehead atoms. The molecule has 4 nitrogen and oxygen atoms in total. The highest BCUT2D eigenvalue weighted by atomic mass is 16.5. The van der Waals surface area contributed by atoms with E-state index in [1.807, 2.05) is 54.6 Å². The standard InChI is InChI=1S/C19H18O4/c1-20-17-10-13(11-18(21-2)19(17)22-3)8-9-15-12-14-6-4-5-7-16(14)23-15/h4-12H,1-3H3. The van der Waals surface area contributed by atoms with E-state index in [1.165, 1.54) is 0 Å². The molecule has 0 radical (unpaired) electrons. The summed E-state index contributed by atoms with van der Waals surface area (Å²) in [5, 5.41) is 1.08. The average Bonchev–Trinajstić information content (AvgIpc) is 3.01. The molecule has 2 aromatic carbocycles. The number of fused-ring (bicyclic) bond motifs is 1. The van der Waals surface area contributed by atoms with E-state index in [4.69, 9.17) is 18.6 Å². The molecule has 0 fully saturated rings. The first-order chi connectivity index (χ1) is 11.2. The molecular formula is C19H18O4. The normalized spacial score (nSPS) is 11.1. The van der Waals surface area contributed by atoms with Crippen molar-refractivity contribution in [3.05, 3.63) is 53.8 Å². The average molecular weight is 310 g/mol. The first-order valence-corrected chi connectivity index (χ1v) is 7.22. The van der Waals surface area contributed by atoms with Gasteiger partial charge in [0.2, 0.25) is 5.75 Å². The Kier molecular flexibility index (Phi) is 4.24. The zero-order chi connectivity index (χ0) is 16.2. The summed E-state index contributed by atoms with van der Waals surface area (Å²) in [6.07, 6.45) is 3.86. The molecule has 1 heterocycles. The fourth-order valence-corrected chi connectivity index (χ4v) is 2.46. The van der Waals surface area contributed by atoms with Crippen LogP contribution in [0.3, 0.4) is 0 Å². The minimum Gasteiger partial charge on any atom is -0.493 e. The Morgan fingerprint density at radius 3 is 2.13 bits per heavy atom. The highest BCUT2D eigenvalue weighted by Gasteiger charge is 2.12. The molecule has 3 aromatic rings. The van der Waals surface area contributed by atoms with Crippen molar-refractivity contribution in [3.63, 3.8) is 0 Å². The molecule has 4 heteroatoms. The topological polar surface area (TPSA) is 40.8 Å². The fraction of sp³-hybridized carbons (Fsp3) is 0.158. The highest BCUT2D eigenvalue weighted by molar-refractivity contribution is 5.82. The Morgan fingerprint density at radius 1 is 0.826 bits per heavy atom. The number of benzene rings is 2. The SMILES string of the molecule is COc1cc(C=Cc2cc3ccccc3o2)cc(OC)c1OC. The van der Waals surface area contributed by atoms with Gasteiger partial charge in [-0.2, -0.15) is 0 Å². The van der Waals surface area contributed by atoms with Gasteiger partial charge in [0, 0.05) is 5.39 Å². The van der Waals surface area contributed by atoms with E-state index in [0.717, 1.165) is 22.3 Å². The molecule has 0 N–H and O–H groups in total. The molecule has 3 rings (SSSR count). The van der Waals surface area contributed by atoms with Crippen molar-refractivity contribution >= 4 is 23.1 Å². The molecule has 0 unspecified atom stereocenters. The van der Waals surface area contributed by atoms with E-state index in [0.29, 0.717) is 17.2 Å². The lowest BCUT2D eigenvalue weighted by molar-refractivity contribution is 0.324. The largest absolute Gasteiger partial charge is 0.493 e. The number of para-hydroxylation sites is 1. The maximum absolute atomic E-state index is 5.77. The zero-order valence-electron chi connectivity index (χ0n) is 13.3. The van der Waals surface area contributed by atoms with E-state index in [2.05, 4.69) is 0 Å². The molecule has 0 spiro atoms. The van der Waals surface area contributed by atoms with Gasteiger partial charge >= 0.3 is 0 Å². The highest BCUT2D eigenvalue weighted by Crippen LogP contribution is 2.38. The van der Waals surface area contributed by atoms with Crippen LogP contribution >= 0.6 is 0 Å². The van der Waals surface area contributed by atoms with Crippen LogP contribution in [0.2, 0.25) is 0 Å². The van der Waals surface area contributed by atoms with E-state index in [-0.39, 0.29) is 0 Å². The van der Waals surface area contributed by atoms with Gasteiger partial charge < -0.3 is 18.6 Å². The van der Waals surface area contributed by atoms with Crippen LogP contribution in [-0.2, 0) is 0 Å². The molecule has 118 valence electrons. The Morgan fingerprint density at radius 2 is 1.52 bits per heavy atom. The van der Waals surface area contributed by atoms with Crippen molar-refractivity contribution in [1.29, 1.82) is 0 Å². The van der Waals surface area contributed by atoms with Crippen LogP contribution in [0.1, 0.15) is 11.3 Å². The molecule has 23 heavy (non-hydrogen) atoms. The van der Waals surface area contributed by atoms with Crippen LogP contribution in [-0.4, -0.2) is 21.3 Å². The molecular weight excluding hydrogens is 292 g/mol. The summed E-state index contributed by atoms with van der Waals surface area (Å²) in [4.78, 5) is 0. The van der Waals surface area contributed by atoms with Gasteiger partial charge in [0.25, 0.3) is 0 Å². The summed E-state index contributed by atoms with van der Waals surface area (Å²) in [5.41, 5.74) is 1.80. The molecule has 1 aromatic heterocycles. The van der Waals surface area contributed by atoms with Gasteiger partial charge in [0.15, 0.2) is 11.5 Å². The predicted molar refractivity (Wildman–Crippen MR) is 91.2 cm³/mol. The Bertz CT molecular complexity index is 787. The number of furan rings is 1.